The second-order valence-electron chi connectivity index (χ2n) is 8.11. The smallest absolute Gasteiger partial charge is 0.244 e. The Morgan fingerprint density at radius 1 is 1.16 bits per heavy atom. The molecule has 6 nitrogen and oxygen atoms in total. The number of nitrogens with one attached hydrogen (secondary N) is 1. The second kappa shape index (κ2) is 10.6. The molecule has 1 unspecified atom stereocenters. The van der Waals surface area contributed by atoms with Crippen LogP contribution in [0.1, 0.15) is 50.2 Å². The fraction of sp³-hybridized carbons (Fsp3) is 0.478. The number of nitrogens with zero attached hydrogens (tertiary/aromatic N) is 2. The van der Waals surface area contributed by atoms with Crippen LogP contribution in [0.4, 0.5) is 0 Å². The summed E-state index contributed by atoms with van der Waals surface area (Å²) in [4.78, 5) is 16.9. The first-order chi connectivity index (χ1) is 14.8. The fourth-order valence-corrected chi connectivity index (χ4v) is 5.84. The lowest BCUT2D eigenvalue weighted by Crippen LogP contribution is -2.38. The average molecular weight is 462 g/mol. The van der Waals surface area contributed by atoms with Gasteiger partial charge < -0.3 is 5.32 Å². The van der Waals surface area contributed by atoms with Gasteiger partial charge in [0.1, 0.15) is 4.90 Å². The molecule has 1 amide bonds. The van der Waals surface area contributed by atoms with Gasteiger partial charge in [-0.1, -0.05) is 60.9 Å². The number of carbonyl (C=O) groups is 1. The van der Waals surface area contributed by atoms with Crippen LogP contribution in [-0.2, 0) is 21.4 Å². The van der Waals surface area contributed by atoms with Gasteiger partial charge in [-0.2, -0.15) is 4.31 Å². The lowest BCUT2D eigenvalue weighted by Gasteiger charge is -2.30. The third kappa shape index (κ3) is 6.30. The highest BCUT2D eigenvalue weighted by atomic mass is 32.2. The van der Waals surface area contributed by atoms with Gasteiger partial charge in [0, 0.05) is 25.8 Å². The number of benzene rings is 1. The van der Waals surface area contributed by atoms with Crippen molar-refractivity contribution in [1.82, 2.24) is 14.6 Å². The molecule has 1 aromatic carbocycles. The number of hydrogen-bond acceptors (Lipinski definition) is 5. The standard InChI is InChI=1S/C23H31N3O3S2/c1-17-9-11-19(12-10-17)15-25-23(27)18(2)30-22-14-13-21(16-24-22)31(28,29)26(3)20-7-5-4-6-8-20/h9-14,16,18,20H,4-8,15H2,1-3H3,(H,25,27). The first-order valence-corrected chi connectivity index (χ1v) is 13.0. The number of rotatable bonds is 8. The minimum absolute atomic E-state index is 0.0602. The molecule has 8 heteroatoms. The van der Waals surface area contributed by atoms with E-state index >= 15 is 0 Å². The summed E-state index contributed by atoms with van der Waals surface area (Å²) in [5, 5.41) is 3.22. The number of aryl methyl sites for hydroxylation is 1. The average Bonchev–Trinajstić information content (AvgIpc) is 2.79. The van der Waals surface area contributed by atoms with Gasteiger partial charge in [0.25, 0.3) is 0 Å². The highest BCUT2D eigenvalue weighted by molar-refractivity contribution is 8.00. The van der Waals surface area contributed by atoms with E-state index in [0.717, 1.165) is 31.2 Å². The van der Waals surface area contributed by atoms with Gasteiger partial charge in [0.2, 0.25) is 15.9 Å². The number of aromatic nitrogens is 1. The maximum atomic E-state index is 12.9. The number of carbonyl (C=O) groups excluding carboxylic acids is 1. The van der Waals surface area contributed by atoms with Gasteiger partial charge in [0.05, 0.1) is 10.3 Å². The third-order valence-corrected chi connectivity index (χ3v) is 8.67. The minimum atomic E-state index is -3.56. The molecule has 1 fully saturated rings. The summed E-state index contributed by atoms with van der Waals surface area (Å²) in [7, 11) is -1.90. The van der Waals surface area contributed by atoms with Gasteiger partial charge in [-0.3, -0.25) is 4.79 Å². The van der Waals surface area contributed by atoms with E-state index in [-0.39, 0.29) is 22.1 Å². The van der Waals surface area contributed by atoms with Crippen LogP contribution in [0.25, 0.3) is 0 Å². The molecular formula is C23H31N3O3S2. The maximum Gasteiger partial charge on any atom is 0.244 e. The predicted octanol–water partition coefficient (Wildman–Crippen LogP) is 4.14. The summed E-state index contributed by atoms with van der Waals surface area (Å²) in [6.07, 6.45) is 6.53. The molecule has 1 aliphatic carbocycles. The van der Waals surface area contributed by atoms with E-state index < -0.39 is 10.0 Å². The first-order valence-electron chi connectivity index (χ1n) is 10.7. The van der Waals surface area contributed by atoms with E-state index in [0.29, 0.717) is 11.6 Å². The number of thioether (sulfide) groups is 1. The molecular weight excluding hydrogens is 430 g/mol. The Morgan fingerprint density at radius 3 is 2.45 bits per heavy atom. The van der Waals surface area contributed by atoms with Crippen LogP contribution in [0.2, 0.25) is 0 Å². The summed E-state index contributed by atoms with van der Waals surface area (Å²) < 4.78 is 27.4. The van der Waals surface area contributed by atoms with Crippen molar-refractivity contribution in [2.45, 2.75) is 73.7 Å². The molecule has 1 heterocycles. The summed E-state index contributed by atoms with van der Waals surface area (Å²) in [5.41, 5.74) is 2.23. The Kier molecular flexibility index (Phi) is 8.13. The van der Waals surface area contributed by atoms with Crippen LogP contribution < -0.4 is 5.32 Å². The van der Waals surface area contributed by atoms with Crippen LogP contribution in [-0.4, -0.2) is 42.0 Å². The topological polar surface area (TPSA) is 79.4 Å². The summed E-state index contributed by atoms with van der Waals surface area (Å²) in [6, 6.07) is 11.4. The monoisotopic (exact) mass is 461 g/mol. The van der Waals surface area contributed by atoms with Crippen molar-refractivity contribution in [3.05, 3.63) is 53.7 Å². The minimum Gasteiger partial charge on any atom is -0.351 e. The first kappa shape index (κ1) is 23.8. The van der Waals surface area contributed by atoms with E-state index in [2.05, 4.69) is 10.3 Å². The normalized spacial score (nSPS) is 16.3. The van der Waals surface area contributed by atoms with Gasteiger partial charge >= 0.3 is 0 Å². The molecule has 1 saturated carbocycles. The number of amides is 1. The molecule has 2 aromatic rings. The van der Waals surface area contributed by atoms with Crippen molar-refractivity contribution in [2.24, 2.45) is 0 Å². The molecule has 168 valence electrons. The van der Waals surface area contributed by atoms with Crippen molar-refractivity contribution < 1.29 is 13.2 Å². The highest BCUT2D eigenvalue weighted by Gasteiger charge is 2.29. The van der Waals surface area contributed by atoms with Gasteiger partial charge in [-0.05, 0) is 44.4 Å². The van der Waals surface area contributed by atoms with E-state index in [1.54, 1.807) is 19.2 Å². The van der Waals surface area contributed by atoms with E-state index in [1.165, 1.54) is 34.2 Å². The van der Waals surface area contributed by atoms with Gasteiger partial charge in [-0.15, -0.1) is 0 Å². The second-order valence-corrected chi connectivity index (χ2v) is 11.5. The lowest BCUT2D eigenvalue weighted by molar-refractivity contribution is -0.120. The summed E-state index contributed by atoms with van der Waals surface area (Å²) in [6.45, 7) is 4.32. The molecule has 0 radical (unpaired) electrons. The van der Waals surface area contributed by atoms with E-state index in [1.807, 2.05) is 38.1 Å². The molecule has 0 spiro atoms. The van der Waals surface area contributed by atoms with Crippen LogP contribution >= 0.6 is 11.8 Å². The maximum absolute atomic E-state index is 12.9. The van der Waals surface area contributed by atoms with Crippen LogP contribution in [0.15, 0.2) is 52.5 Å². The van der Waals surface area contributed by atoms with Gasteiger partial charge in [0.15, 0.2) is 0 Å². The largest absolute Gasteiger partial charge is 0.351 e. The van der Waals surface area contributed by atoms with Crippen molar-refractivity contribution in [3.8, 4) is 0 Å². The number of hydrogen-bond donors (Lipinski definition) is 1. The zero-order valence-electron chi connectivity index (χ0n) is 18.4. The SMILES string of the molecule is Cc1ccc(CNC(=O)C(C)Sc2ccc(S(=O)(=O)N(C)C3CCCCC3)cn2)cc1. The molecule has 1 aromatic heterocycles. The number of sulfonamides is 1. The molecule has 1 N–H and O–H groups in total. The van der Waals surface area contributed by atoms with Crippen molar-refractivity contribution in [2.75, 3.05) is 7.05 Å². The molecule has 0 saturated heterocycles. The Balaban J connectivity index is 1.56. The van der Waals surface area contributed by atoms with E-state index in [4.69, 9.17) is 0 Å². The molecule has 1 aliphatic rings. The Morgan fingerprint density at radius 2 is 1.84 bits per heavy atom. The lowest BCUT2D eigenvalue weighted by atomic mass is 9.96. The Bertz CT molecular complexity index is 970. The number of pyridine rings is 1. The van der Waals surface area contributed by atoms with Crippen LogP contribution in [0.5, 0.6) is 0 Å². The zero-order chi connectivity index (χ0) is 22.4. The Hall–Kier alpha value is -1.90. The van der Waals surface area contributed by atoms with Crippen LogP contribution in [0.3, 0.4) is 0 Å². The Labute approximate surface area is 189 Å². The molecule has 0 aliphatic heterocycles. The molecule has 3 rings (SSSR count). The highest BCUT2D eigenvalue weighted by Crippen LogP contribution is 2.27. The van der Waals surface area contributed by atoms with Crippen molar-refractivity contribution in [3.63, 3.8) is 0 Å². The van der Waals surface area contributed by atoms with Crippen molar-refractivity contribution >= 4 is 27.7 Å². The van der Waals surface area contributed by atoms with Crippen LogP contribution in [0, 0.1) is 6.92 Å². The summed E-state index contributed by atoms with van der Waals surface area (Å²) in [5.74, 6) is -0.0823. The molecule has 31 heavy (non-hydrogen) atoms. The third-order valence-electron chi connectivity index (χ3n) is 5.73. The van der Waals surface area contributed by atoms with Crippen molar-refractivity contribution in [1.29, 1.82) is 0 Å². The van der Waals surface area contributed by atoms with Gasteiger partial charge in [-0.25, -0.2) is 13.4 Å². The predicted molar refractivity (Wildman–Crippen MR) is 124 cm³/mol. The fourth-order valence-electron chi connectivity index (χ4n) is 3.67. The molecule has 0 bridgehead atoms. The summed E-state index contributed by atoms with van der Waals surface area (Å²) >= 11 is 1.31. The molecule has 1 atom stereocenters. The zero-order valence-corrected chi connectivity index (χ0v) is 20.0. The quantitative estimate of drug-likeness (QED) is 0.598. The van der Waals surface area contributed by atoms with E-state index in [9.17, 15) is 13.2 Å².